The second-order valence-electron chi connectivity index (χ2n) is 3.15. The molecule has 0 fully saturated rings. The van der Waals surface area contributed by atoms with Gasteiger partial charge in [0.1, 0.15) is 23.7 Å². The topological polar surface area (TPSA) is 108 Å². The first-order chi connectivity index (χ1) is 8.29. The van der Waals surface area contributed by atoms with Crippen molar-refractivity contribution in [2.45, 2.75) is 6.54 Å². The zero-order valence-electron chi connectivity index (χ0n) is 9.14. The molecule has 3 N–H and O–H groups in total. The molecule has 8 heteroatoms. The summed E-state index contributed by atoms with van der Waals surface area (Å²) in [4.78, 5) is 23.5. The fourth-order valence-corrected chi connectivity index (χ4v) is 1.14. The highest BCUT2D eigenvalue weighted by Gasteiger charge is 2.07. The molecule has 2 heterocycles. The molecule has 0 aliphatic heterocycles. The van der Waals surface area contributed by atoms with E-state index < -0.39 is 0 Å². The first-order valence-corrected chi connectivity index (χ1v) is 4.92. The Kier molecular flexibility index (Phi) is 3.24. The maximum Gasteiger partial charge on any atom is 0.271 e. The Balaban J connectivity index is 1.95. The third-order valence-electron chi connectivity index (χ3n) is 2.02. The third-order valence-corrected chi connectivity index (χ3v) is 2.02. The van der Waals surface area contributed by atoms with Gasteiger partial charge in [0.25, 0.3) is 5.91 Å². The van der Waals surface area contributed by atoms with Crippen LogP contribution in [0.25, 0.3) is 0 Å². The van der Waals surface area contributed by atoms with Crippen LogP contribution >= 0.6 is 0 Å². The predicted octanol–water partition coefficient (Wildman–Crippen LogP) is -0.434. The largest absolute Gasteiger partial charge is 0.372 e. The van der Waals surface area contributed by atoms with Crippen LogP contribution in [0.4, 0.5) is 5.82 Å². The maximum atomic E-state index is 11.6. The van der Waals surface area contributed by atoms with E-state index in [1.54, 1.807) is 7.05 Å². The minimum absolute atomic E-state index is 0.253. The van der Waals surface area contributed by atoms with Crippen LogP contribution in [0.3, 0.4) is 0 Å². The summed E-state index contributed by atoms with van der Waals surface area (Å²) in [6.07, 6.45) is 4.27. The number of amides is 1. The van der Waals surface area contributed by atoms with E-state index in [0.717, 1.165) is 0 Å². The van der Waals surface area contributed by atoms with Crippen LogP contribution in [0.15, 0.2) is 18.7 Å². The molecule has 17 heavy (non-hydrogen) atoms. The lowest BCUT2D eigenvalue weighted by Gasteiger charge is -2.02. The first-order valence-electron chi connectivity index (χ1n) is 4.92. The normalized spacial score (nSPS) is 9.94. The number of carbonyl (C=O) groups is 1. The molecule has 0 bridgehead atoms. The average Bonchev–Trinajstić information content (AvgIpc) is 2.89. The monoisotopic (exact) mass is 233 g/mol. The van der Waals surface area contributed by atoms with Crippen LogP contribution in [-0.4, -0.2) is 38.1 Å². The van der Waals surface area contributed by atoms with Crippen molar-refractivity contribution in [2.24, 2.45) is 0 Å². The van der Waals surface area contributed by atoms with Crippen LogP contribution in [0, 0.1) is 0 Å². The van der Waals surface area contributed by atoms with E-state index in [9.17, 15) is 4.79 Å². The summed E-state index contributed by atoms with van der Waals surface area (Å²) < 4.78 is 0. The Morgan fingerprint density at radius 1 is 1.35 bits per heavy atom. The number of nitrogens with one attached hydrogen (secondary N) is 3. The lowest BCUT2D eigenvalue weighted by atomic mass is 10.4. The van der Waals surface area contributed by atoms with E-state index in [-0.39, 0.29) is 18.1 Å². The number of aromatic nitrogens is 5. The molecular formula is C9H11N7O. The van der Waals surface area contributed by atoms with Gasteiger partial charge in [-0.2, -0.15) is 5.10 Å². The molecule has 0 aliphatic carbocycles. The Morgan fingerprint density at radius 3 is 2.82 bits per heavy atom. The molecule has 1 amide bonds. The van der Waals surface area contributed by atoms with Crippen molar-refractivity contribution < 1.29 is 4.79 Å². The fourth-order valence-electron chi connectivity index (χ4n) is 1.14. The molecule has 0 aromatic carbocycles. The van der Waals surface area contributed by atoms with Crippen molar-refractivity contribution in [2.75, 3.05) is 12.4 Å². The van der Waals surface area contributed by atoms with Gasteiger partial charge in [-0.3, -0.25) is 9.89 Å². The van der Waals surface area contributed by atoms with E-state index in [1.807, 2.05) is 0 Å². The quantitative estimate of drug-likeness (QED) is 0.661. The lowest BCUT2D eigenvalue weighted by molar-refractivity contribution is 0.0944. The molecule has 88 valence electrons. The van der Waals surface area contributed by atoms with E-state index in [4.69, 9.17) is 0 Å². The highest BCUT2D eigenvalue weighted by Crippen LogP contribution is 1.99. The van der Waals surface area contributed by atoms with Crippen LogP contribution in [0.1, 0.15) is 16.3 Å². The maximum absolute atomic E-state index is 11.6. The highest BCUT2D eigenvalue weighted by molar-refractivity contribution is 5.91. The van der Waals surface area contributed by atoms with Gasteiger partial charge >= 0.3 is 0 Å². The number of rotatable bonds is 4. The summed E-state index contributed by atoms with van der Waals surface area (Å²) >= 11 is 0. The van der Waals surface area contributed by atoms with E-state index >= 15 is 0 Å². The summed E-state index contributed by atoms with van der Waals surface area (Å²) in [7, 11) is 1.73. The molecule has 0 saturated carbocycles. The molecule has 2 rings (SSSR count). The second kappa shape index (κ2) is 5.01. The summed E-state index contributed by atoms with van der Waals surface area (Å²) in [6, 6.07) is 0. The van der Waals surface area contributed by atoms with Crippen LogP contribution in [-0.2, 0) is 6.54 Å². The molecule has 0 unspecified atom stereocenters. The van der Waals surface area contributed by atoms with Gasteiger partial charge < -0.3 is 10.6 Å². The first kappa shape index (κ1) is 11.0. The smallest absolute Gasteiger partial charge is 0.271 e. The number of H-pyrrole nitrogens is 1. The zero-order chi connectivity index (χ0) is 12.1. The molecular weight excluding hydrogens is 222 g/mol. The standard InChI is InChI=1S/C9H11N7O/c1-10-7-3-11-6(2-12-7)9(17)13-4-8-14-5-15-16-8/h2-3,5H,4H2,1H3,(H,10,12)(H,13,17)(H,14,15,16). The van der Waals surface area contributed by atoms with Gasteiger partial charge in [0, 0.05) is 7.05 Å². The molecule has 2 aromatic rings. The van der Waals surface area contributed by atoms with Gasteiger partial charge in [-0.25, -0.2) is 15.0 Å². The van der Waals surface area contributed by atoms with Crippen molar-refractivity contribution in [3.05, 3.63) is 30.2 Å². The van der Waals surface area contributed by atoms with Gasteiger partial charge in [0.2, 0.25) is 0 Å². The van der Waals surface area contributed by atoms with Gasteiger partial charge in [0.05, 0.1) is 18.9 Å². The van der Waals surface area contributed by atoms with Crippen LogP contribution in [0.2, 0.25) is 0 Å². The molecule has 0 atom stereocenters. The van der Waals surface area contributed by atoms with Crippen LogP contribution in [0.5, 0.6) is 0 Å². The Bertz CT molecular complexity index is 479. The van der Waals surface area contributed by atoms with Crippen molar-refractivity contribution in [1.29, 1.82) is 0 Å². The summed E-state index contributed by atoms with van der Waals surface area (Å²) in [5, 5.41) is 11.8. The SMILES string of the molecule is CNc1cnc(C(=O)NCc2ncn[nH]2)cn1. The summed E-state index contributed by atoms with van der Waals surface area (Å²) in [6.45, 7) is 0.272. The highest BCUT2D eigenvalue weighted by atomic mass is 16.1. The van der Waals surface area contributed by atoms with E-state index in [0.29, 0.717) is 11.6 Å². The third kappa shape index (κ3) is 2.74. The summed E-state index contributed by atoms with van der Waals surface area (Å²) in [5.41, 5.74) is 0.253. The Morgan fingerprint density at radius 2 is 2.24 bits per heavy atom. The number of carbonyl (C=O) groups excluding carboxylic acids is 1. The number of anilines is 1. The minimum atomic E-state index is -0.309. The molecule has 0 spiro atoms. The minimum Gasteiger partial charge on any atom is -0.372 e. The summed E-state index contributed by atoms with van der Waals surface area (Å²) in [5.74, 6) is 0.881. The fraction of sp³-hybridized carbons (Fsp3) is 0.222. The van der Waals surface area contributed by atoms with Gasteiger partial charge in [-0.1, -0.05) is 0 Å². The molecule has 2 aromatic heterocycles. The van der Waals surface area contributed by atoms with Gasteiger partial charge in [-0.15, -0.1) is 0 Å². The number of nitrogens with zero attached hydrogens (tertiary/aromatic N) is 4. The Labute approximate surface area is 96.9 Å². The van der Waals surface area contributed by atoms with Gasteiger partial charge in [0.15, 0.2) is 0 Å². The van der Waals surface area contributed by atoms with Gasteiger partial charge in [-0.05, 0) is 0 Å². The van der Waals surface area contributed by atoms with Crippen molar-refractivity contribution >= 4 is 11.7 Å². The average molecular weight is 233 g/mol. The molecule has 0 saturated heterocycles. The van der Waals surface area contributed by atoms with E-state index in [1.165, 1.54) is 18.7 Å². The van der Waals surface area contributed by atoms with Crippen molar-refractivity contribution in [3.8, 4) is 0 Å². The van der Waals surface area contributed by atoms with Crippen LogP contribution < -0.4 is 10.6 Å². The predicted molar refractivity (Wildman–Crippen MR) is 59.1 cm³/mol. The lowest BCUT2D eigenvalue weighted by Crippen LogP contribution is -2.24. The number of hydrogen-bond acceptors (Lipinski definition) is 6. The molecule has 8 nitrogen and oxygen atoms in total. The number of hydrogen-bond donors (Lipinski definition) is 3. The zero-order valence-corrected chi connectivity index (χ0v) is 9.14. The van der Waals surface area contributed by atoms with E-state index in [2.05, 4.69) is 35.8 Å². The molecule has 0 aliphatic rings. The van der Waals surface area contributed by atoms with Crippen molar-refractivity contribution in [1.82, 2.24) is 30.5 Å². The van der Waals surface area contributed by atoms with Crippen molar-refractivity contribution in [3.63, 3.8) is 0 Å². The number of aromatic amines is 1. The second-order valence-corrected chi connectivity index (χ2v) is 3.15. The Hall–Kier alpha value is -2.51. The molecule has 0 radical (unpaired) electrons.